The lowest BCUT2D eigenvalue weighted by molar-refractivity contribution is -0.135. The number of carbonyl (C=O) groups excluding carboxylic acids is 2. The van der Waals surface area contributed by atoms with Crippen molar-refractivity contribution in [1.82, 2.24) is 4.90 Å². The first-order valence-electron chi connectivity index (χ1n) is 10.2. The van der Waals surface area contributed by atoms with E-state index in [0.717, 1.165) is 21.2 Å². The number of thioether (sulfide) groups is 1. The molecule has 0 aromatic heterocycles. The summed E-state index contributed by atoms with van der Waals surface area (Å²) in [5.74, 6) is 0.986. The van der Waals surface area contributed by atoms with Crippen LogP contribution >= 0.6 is 23.4 Å². The van der Waals surface area contributed by atoms with Gasteiger partial charge in [-0.25, -0.2) is 0 Å². The molecule has 32 heavy (non-hydrogen) atoms. The van der Waals surface area contributed by atoms with Crippen molar-refractivity contribution in [3.8, 4) is 5.75 Å². The molecule has 0 aliphatic carbocycles. The summed E-state index contributed by atoms with van der Waals surface area (Å²) in [7, 11) is 3.36. The predicted octanol–water partition coefficient (Wildman–Crippen LogP) is 5.13. The fourth-order valence-electron chi connectivity index (χ4n) is 3.44. The second kappa shape index (κ2) is 9.67. The molecule has 1 atom stereocenters. The zero-order chi connectivity index (χ0) is 22.7. The molecular formula is C25H23ClN2O3S. The molecule has 3 aromatic rings. The molecule has 0 spiro atoms. The Bertz CT molecular complexity index is 1120. The molecule has 0 N–H and O–H groups in total. The van der Waals surface area contributed by atoms with Crippen molar-refractivity contribution in [1.29, 1.82) is 0 Å². The van der Waals surface area contributed by atoms with Gasteiger partial charge in [-0.1, -0.05) is 35.9 Å². The fourth-order valence-corrected chi connectivity index (χ4v) is 4.42. The number of ether oxygens (including phenoxy) is 1. The van der Waals surface area contributed by atoms with Crippen molar-refractivity contribution in [2.45, 2.75) is 16.8 Å². The van der Waals surface area contributed by atoms with Crippen LogP contribution in [0.5, 0.6) is 5.75 Å². The van der Waals surface area contributed by atoms with Crippen LogP contribution in [0, 0.1) is 0 Å². The monoisotopic (exact) mass is 466 g/mol. The normalized spacial score (nSPS) is 15.0. The number of carbonyl (C=O) groups is 2. The molecule has 0 fully saturated rings. The number of hydrogen-bond acceptors (Lipinski definition) is 4. The van der Waals surface area contributed by atoms with E-state index in [0.29, 0.717) is 17.0 Å². The lowest BCUT2D eigenvalue weighted by atomic mass is 10.1. The lowest BCUT2D eigenvalue weighted by Gasteiger charge is -2.35. The summed E-state index contributed by atoms with van der Waals surface area (Å²) in [4.78, 5) is 30.1. The maximum atomic E-state index is 13.4. The fraction of sp³-hybridized carbons (Fsp3) is 0.200. The van der Waals surface area contributed by atoms with Crippen molar-refractivity contribution in [3.63, 3.8) is 0 Å². The summed E-state index contributed by atoms with van der Waals surface area (Å²) in [6, 6.07) is 22.6. The third kappa shape index (κ3) is 4.92. The second-order valence-electron chi connectivity index (χ2n) is 7.66. The van der Waals surface area contributed by atoms with Gasteiger partial charge in [-0.05, 0) is 54.1 Å². The van der Waals surface area contributed by atoms with Crippen LogP contribution in [0.15, 0.2) is 77.7 Å². The van der Waals surface area contributed by atoms with Crippen molar-refractivity contribution < 1.29 is 14.3 Å². The Morgan fingerprint density at radius 2 is 1.72 bits per heavy atom. The molecule has 1 heterocycles. The van der Waals surface area contributed by atoms with Gasteiger partial charge < -0.3 is 14.5 Å². The number of hydrogen-bond donors (Lipinski definition) is 0. The largest absolute Gasteiger partial charge is 0.476 e. The highest BCUT2D eigenvalue weighted by molar-refractivity contribution is 7.98. The first-order valence-corrected chi connectivity index (χ1v) is 11.5. The minimum Gasteiger partial charge on any atom is -0.476 e. The lowest BCUT2D eigenvalue weighted by Crippen LogP contribution is -2.50. The van der Waals surface area contributed by atoms with Crippen LogP contribution in [0.25, 0.3) is 0 Å². The number of rotatable bonds is 5. The van der Waals surface area contributed by atoms with Gasteiger partial charge in [0, 0.05) is 35.3 Å². The molecule has 0 radical (unpaired) electrons. The zero-order valence-electron chi connectivity index (χ0n) is 17.8. The van der Waals surface area contributed by atoms with Crippen LogP contribution in [-0.2, 0) is 10.5 Å². The van der Waals surface area contributed by atoms with E-state index in [1.165, 1.54) is 4.90 Å². The van der Waals surface area contributed by atoms with Crippen LogP contribution < -0.4 is 9.64 Å². The van der Waals surface area contributed by atoms with Crippen molar-refractivity contribution in [3.05, 3.63) is 88.9 Å². The van der Waals surface area contributed by atoms with E-state index in [-0.39, 0.29) is 18.4 Å². The zero-order valence-corrected chi connectivity index (χ0v) is 19.4. The minimum atomic E-state index is -0.737. The molecule has 4 rings (SSSR count). The topological polar surface area (TPSA) is 49.9 Å². The number of benzene rings is 3. The molecule has 2 amide bonds. The van der Waals surface area contributed by atoms with E-state index < -0.39 is 6.10 Å². The second-order valence-corrected chi connectivity index (χ2v) is 9.15. The quantitative estimate of drug-likeness (QED) is 0.489. The van der Waals surface area contributed by atoms with Gasteiger partial charge in [0.2, 0.25) is 0 Å². The highest BCUT2D eigenvalue weighted by Crippen LogP contribution is 2.34. The number of para-hydroxylation sites is 2. The van der Waals surface area contributed by atoms with Crippen molar-refractivity contribution in [2.75, 3.05) is 25.5 Å². The number of amides is 2. The summed E-state index contributed by atoms with van der Waals surface area (Å²) >= 11 is 7.65. The van der Waals surface area contributed by atoms with Gasteiger partial charge in [0.25, 0.3) is 11.8 Å². The van der Waals surface area contributed by atoms with Gasteiger partial charge in [0.15, 0.2) is 6.10 Å². The van der Waals surface area contributed by atoms with E-state index in [1.54, 1.807) is 36.8 Å². The maximum Gasteiger partial charge on any atom is 0.265 e. The Kier molecular flexibility index (Phi) is 6.72. The Balaban J connectivity index is 1.50. The summed E-state index contributed by atoms with van der Waals surface area (Å²) in [5.41, 5.74) is 2.35. The third-order valence-corrected chi connectivity index (χ3v) is 6.49. The number of halogens is 1. The van der Waals surface area contributed by atoms with Gasteiger partial charge in [-0.3, -0.25) is 9.59 Å². The molecule has 164 valence electrons. The molecule has 1 aliphatic heterocycles. The Morgan fingerprint density at radius 1 is 1.03 bits per heavy atom. The molecule has 0 unspecified atom stereocenters. The van der Waals surface area contributed by atoms with Crippen LogP contribution in [0.3, 0.4) is 0 Å². The Labute approximate surface area is 196 Å². The van der Waals surface area contributed by atoms with E-state index >= 15 is 0 Å². The average molecular weight is 467 g/mol. The molecule has 1 aliphatic rings. The molecule has 5 nitrogen and oxygen atoms in total. The first kappa shape index (κ1) is 22.2. The van der Waals surface area contributed by atoms with E-state index in [4.69, 9.17) is 16.3 Å². The Hall–Kier alpha value is -2.96. The highest BCUT2D eigenvalue weighted by Gasteiger charge is 2.34. The molecule has 7 heteroatoms. The SMILES string of the molecule is CN(C)C(=O)[C@@H]1CN(C(=O)c2ccc(CSc3ccc(Cl)cc3)cc2)c2ccccc2O1. The minimum absolute atomic E-state index is 0.158. The van der Waals surface area contributed by atoms with Gasteiger partial charge in [-0.15, -0.1) is 11.8 Å². The molecule has 3 aromatic carbocycles. The van der Waals surface area contributed by atoms with Gasteiger partial charge >= 0.3 is 0 Å². The number of likely N-dealkylation sites (N-methyl/N-ethyl adjacent to an activating group) is 1. The summed E-state index contributed by atoms with van der Waals surface area (Å²) < 4.78 is 5.88. The highest BCUT2D eigenvalue weighted by atomic mass is 35.5. The van der Waals surface area contributed by atoms with Crippen molar-refractivity contribution in [2.24, 2.45) is 0 Å². The van der Waals surface area contributed by atoms with E-state index in [9.17, 15) is 9.59 Å². The molecule has 0 bridgehead atoms. The average Bonchev–Trinajstić information content (AvgIpc) is 2.82. The van der Waals surface area contributed by atoms with E-state index in [2.05, 4.69) is 0 Å². The maximum absolute atomic E-state index is 13.4. The predicted molar refractivity (Wildman–Crippen MR) is 129 cm³/mol. The number of nitrogens with zero attached hydrogens (tertiary/aromatic N) is 2. The molecule has 0 saturated carbocycles. The molecular weight excluding hydrogens is 444 g/mol. The third-order valence-electron chi connectivity index (χ3n) is 5.16. The smallest absolute Gasteiger partial charge is 0.265 e. The standard InChI is InChI=1S/C25H23ClN2O3S/c1-27(2)25(30)23-15-28(21-5-3-4-6-22(21)31-23)24(29)18-9-7-17(8-10-18)16-32-20-13-11-19(26)12-14-20/h3-14,23H,15-16H2,1-2H3/t23-/m0/s1. The van der Waals surface area contributed by atoms with Gasteiger partial charge in [-0.2, -0.15) is 0 Å². The van der Waals surface area contributed by atoms with Crippen molar-refractivity contribution >= 4 is 40.9 Å². The van der Waals surface area contributed by atoms with Gasteiger partial charge in [0.1, 0.15) is 5.75 Å². The number of fused-ring (bicyclic) bond motifs is 1. The van der Waals surface area contributed by atoms with E-state index in [1.807, 2.05) is 66.7 Å². The first-order chi connectivity index (χ1) is 15.4. The van der Waals surface area contributed by atoms with Crippen LogP contribution in [0.4, 0.5) is 5.69 Å². The van der Waals surface area contributed by atoms with Crippen LogP contribution in [-0.4, -0.2) is 43.5 Å². The molecule has 0 saturated heterocycles. The van der Waals surface area contributed by atoms with Gasteiger partial charge in [0.05, 0.1) is 12.2 Å². The summed E-state index contributed by atoms with van der Waals surface area (Å²) in [6.07, 6.45) is -0.737. The Morgan fingerprint density at radius 3 is 2.41 bits per heavy atom. The van der Waals surface area contributed by atoms with Crippen LogP contribution in [0.2, 0.25) is 5.02 Å². The summed E-state index contributed by atoms with van der Waals surface area (Å²) in [6.45, 7) is 0.168. The summed E-state index contributed by atoms with van der Waals surface area (Å²) in [5, 5.41) is 0.719. The van der Waals surface area contributed by atoms with Crippen LogP contribution in [0.1, 0.15) is 15.9 Å². The number of anilines is 1.